The van der Waals surface area contributed by atoms with Crippen molar-refractivity contribution in [2.45, 2.75) is 20.0 Å². The number of carbonyl (C=O) groups is 2. The molecule has 4 aromatic rings. The second kappa shape index (κ2) is 8.97. The number of hydrogen-bond acceptors (Lipinski definition) is 8. The van der Waals surface area contributed by atoms with Gasteiger partial charge in [0.15, 0.2) is 23.2 Å². The SMILES string of the molecule is CCOc1ccc(-c2csc(NC(=O)C(C)OC(=O)c3ccc4ocnc4c3)n2)cc1. The molecule has 0 aliphatic rings. The van der Waals surface area contributed by atoms with Gasteiger partial charge in [0.1, 0.15) is 11.3 Å². The smallest absolute Gasteiger partial charge is 0.338 e. The molecule has 8 nitrogen and oxygen atoms in total. The number of benzene rings is 2. The summed E-state index contributed by atoms with van der Waals surface area (Å²) in [5.74, 6) is -0.307. The van der Waals surface area contributed by atoms with Crippen LogP contribution in [0.1, 0.15) is 24.2 Å². The molecule has 0 aliphatic carbocycles. The zero-order chi connectivity index (χ0) is 21.8. The van der Waals surface area contributed by atoms with E-state index in [2.05, 4.69) is 15.3 Å². The number of aromatic nitrogens is 2. The van der Waals surface area contributed by atoms with Gasteiger partial charge in [-0.2, -0.15) is 0 Å². The standard InChI is InChI=1S/C22H19N3O5S/c1-3-28-16-7-4-14(5-8-16)18-11-31-22(24-18)25-20(26)13(2)30-21(27)15-6-9-19-17(10-15)23-12-29-19/h4-13H,3H2,1-2H3,(H,24,25,26). The molecule has 1 N–H and O–H groups in total. The van der Waals surface area contributed by atoms with Crippen molar-refractivity contribution in [2.75, 3.05) is 11.9 Å². The van der Waals surface area contributed by atoms with Crippen molar-refractivity contribution < 1.29 is 23.5 Å². The van der Waals surface area contributed by atoms with Gasteiger partial charge in [-0.1, -0.05) is 0 Å². The highest BCUT2D eigenvalue weighted by molar-refractivity contribution is 7.14. The molecule has 2 aromatic heterocycles. The predicted molar refractivity (Wildman–Crippen MR) is 116 cm³/mol. The van der Waals surface area contributed by atoms with E-state index in [-0.39, 0.29) is 5.56 Å². The predicted octanol–water partition coefficient (Wildman–Crippen LogP) is 4.53. The molecule has 0 bridgehead atoms. The summed E-state index contributed by atoms with van der Waals surface area (Å²) in [6, 6.07) is 12.3. The molecular formula is C22H19N3O5S. The maximum absolute atomic E-state index is 12.4. The summed E-state index contributed by atoms with van der Waals surface area (Å²) in [6.45, 7) is 4.03. The van der Waals surface area contributed by atoms with Crippen molar-refractivity contribution in [1.82, 2.24) is 9.97 Å². The lowest BCUT2D eigenvalue weighted by molar-refractivity contribution is -0.123. The van der Waals surface area contributed by atoms with E-state index in [1.54, 1.807) is 18.2 Å². The van der Waals surface area contributed by atoms with Crippen molar-refractivity contribution in [3.8, 4) is 17.0 Å². The second-order valence-corrected chi connectivity index (χ2v) is 7.43. The van der Waals surface area contributed by atoms with Crippen molar-refractivity contribution in [3.05, 3.63) is 59.8 Å². The number of nitrogens with one attached hydrogen (secondary N) is 1. The maximum atomic E-state index is 12.4. The van der Waals surface area contributed by atoms with Crippen LogP contribution in [0.15, 0.2) is 58.7 Å². The van der Waals surface area contributed by atoms with E-state index in [9.17, 15) is 9.59 Å². The average Bonchev–Trinajstić information content (AvgIpc) is 3.43. The average molecular weight is 437 g/mol. The van der Waals surface area contributed by atoms with Crippen LogP contribution < -0.4 is 10.1 Å². The zero-order valence-electron chi connectivity index (χ0n) is 16.8. The van der Waals surface area contributed by atoms with Gasteiger partial charge in [-0.25, -0.2) is 14.8 Å². The lowest BCUT2D eigenvalue weighted by Gasteiger charge is -2.12. The molecule has 0 saturated carbocycles. The van der Waals surface area contributed by atoms with Crippen LogP contribution in [-0.2, 0) is 9.53 Å². The quantitative estimate of drug-likeness (QED) is 0.424. The number of anilines is 1. The molecule has 0 spiro atoms. The first-order valence-corrected chi connectivity index (χ1v) is 10.5. The third-order valence-electron chi connectivity index (χ3n) is 4.41. The van der Waals surface area contributed by atoms with E-state index < -0.39 is 18.0 Å². The number of carbonyl (C=O) groups excluding carboxylic acids is 2. The normalized spacial score (nSPS) is 11.8. The van der Waals surface area contributed by atoms with Crippen molar-refractivity contribution in [3.63, 3.8) is 0 Å². The summed E-state index contributed by atoms with van der Waals surface area (Å²) < 4.78 is 15.9. The van der Waals surface area contributed by atoms with Gasteiger partial charge >= 0.3 is 5.97 Å². The van der Waals surface area contributed by atoms with Crippen LogP contribution in [0.25, 0.3) is 22.4 Å². The summed E-state index contributed by atoms with van der Waals surface area (Å²) in [5.41, 5.74) is 3.02. The number of ether oxygens (including phenoxy) is 2. The first-order chi connectivity index (χ1) is 15.0. The Labute approximate surface area is 181 Å². The molecule has 9 heteroatoms. The number of nitrogens with zero attached hydrogens (tertiary/aromatic N) is 2. The highest BCUT2D eigenvalue weighted by Crippen LogP contribution is 2.26. The molecule has 0 saturated heterocycles. The van der Waals surface area contributed by atoms with Crippen molar-refractivity contribution in [1.29, 1.82) is 0 Å². The van der Waals surface area contributed by atoms with Crippen LogP contribution in [0.2, 0.25) is 0 Å². The fraction of sp³-hybridized carbons (Fsp3) is 0.182. The molecule has 4 rings (SSSR count). The first-order valence-electron chi connectivity index (χ1n) is 9.57. The van der Waals surface area contributed by atoms with Gasteiger partial charge in [0, 0.05) is 10.9 Å². The Bertz CT molecular complexity index is 1220. The number of amides is 1. The number of fused-ring (bicyclic) bond motifs is 1. The maximum Gasteiger partial charge on any atom is 0.338 e. The minimum atomic E-state index is -1.00. The lowest BCUT2D eigenvalue weighted by Crippen LogP contribution is -2.29. The Morgan fingerprint density at radius 3 is 2.77 bits per heavy atom. The van der Waals surface area contributed by atoms with E-state index >= 15 is 0 Å². The molecule has 1 atom stereocenters. The van der Waals surface area contributed by atoms with E-state index in [4.69, 9.17) is 13.9 Å². The summed E-state index contributed by atoms with van der Waals surface area (Å²) in [7, 11) is 0. The minimum absolute atomic E-state index is 0.285. The molecule has 2 aromatic carbocycles. The Morgan fingerprint density at radius 2 is 2.00 bits per heavy atom. The number of thiazole rings is 1. The number of hydrogen-bond donors (Lipinski definition) is 1. The topological polar surface area (TPSA) is 104 Å². The van der Waals surface area contributed by atoms with Crippen LogP contribution in [0.3, 0.4) is 0 Å². The highest BCUT2D eigenvalue weighted by Gasteiger charge is 2.21. The highest BCUT2D eigenvalue weighted by atomic mass is 32.1. The van der Waals surface area contributed by atoms with E-state index in [0.29, 0.717) is 22.8 Å². The molecule has 1 amide bonds. The Kier molecular flexibility index (Phi) is 5.94. The fourth-order valence-corrected chi connectivity index (χ4v) is 3.55. The van der Waals surface area contributed by atoms with Gasteiger partial charge in [0.05, 0.1) is 17.9 Å². The summed E-state index contributed by atoms with van der Waals surface area (Å²) in [5, 5.41) is 4.94. The van der Waals surface area contributed by atoms with Crippen LogP contribution in [0, 0.1) is 0 Å². The van der Waals surface area contributed by atoms with Crippen LogP contribution in [-0.4, -0.2) is 34.6 Å². The van der Waals surface area contributed by atoms with Gasteiger partial charge in [-0.15, -0.1) is 11.3 Å². The van der Waals surface area contributed by atoms with Crippen molar-refractivity contribution >= 4 is 39.4 Å². The number of rotatable bonds is 7. The fourth-order valence-electron chi connectivity index (χ4n) is 2.83. The largest absolute Gasteiger partial charge is 0.494 e. The third kappa shape index (κ3) is 4.72. The lowest BCUT2D eigenvalue weighted by atomic mass is 10.2. The van der Waals surface area contributed by atoms with E-state index in [1.807, 2.05) is 36.6 Å². The van der Waals surface area contributed by atoms with E-state index in [0.717, 1.165) is 17.0 Å². The molecule has 0 fully saturated rings. The van der Waals surface area contributed by atoms with Crippen LogP contribution in [0.4, 0.5) is 5.13 Å². The summed E-state index contributed by atoms with van der Waals surface area (Å²) in [6.07, 6.45) is 0.296. The van der Waals surface area contributed by atoms with Gasteiger partial charge in [-0.3, -0.25) is 10.1 Å². The second-order valence-electron chi connectivity index (χ2n) is 6.57. The molecule has 158 valence electrons. The van der Waals surface area contributed by atoms with E-state index in [1.165, 1.54) is 24.7 Å². The first kappa shape index (κ1) is 20.5. The molecular weight excluding hydrogens is 418 g/mol. The number of oxazole rings is 1. The van der Waals surface area contributed by atoms with Gasteiger partial charge in [0.2, 0.25) is 0 Å². The minimum Gasteiger partial charge on any atom is -0.494 e. The van der Waals surface area contributed by atoms with Crippen molar-refractivity contribution in [2.24, 2.45) is 0 Å². The molecule has 1 unspecified atom stereocenters. The van der Waals surface area contributed by atoms with Crippen LogP contribution >= 0.6 is 11.3 Å². The molecule has 0 aliphatic heterocycles. The Morgan fingerprint density at radius 1 is 1.19 bits per heavy atom. The number of esters is 1. The van der Waals surface area contributed by atoms with Crippen LogP contribution in [0.5, 0.6) is 5.75 Å². The molecule has 31 heavy (non-hydrogen) atoms. The monoisotopic (exact) mass is 437 g/mol. The van der Waals surface area contributed by atoms with Gasteiger partial charge in [0.25, 0.3) is 5.91 Å². The Balaban J connectivity index is 1.37. The Hall–Kier alpha value is -3.72. The van der Waals surface area contributed by atoms with Gasteiger partial charge < -0.3 is 13.9 Å². The van der Waals surface area contributed by atoms with Gasteiger partial charge in [-0.05, 0) is 56.3 Å². The zero-order valence-corrected chi connectivity index (χ0v) is 17.6. The molecule has 0 radical (unpaired) electrons. The molecule has 2 heterocycles. The third-order valence-corrected chi connectivity index (χ3v) is 5.17. The summed E-state index contributed by atoms with van der Waals surface area (Å²) >= 11 is 1.29. The summed E-state index contributed by atoms with van der Waals surface area (Å²) in [4.78, 5) is 33.2.